The first-order valence-corrected chi connectivity index (χ1v) is 0. The van der Waals surface area contributed by atoms with Crippen molar-refractivity contribution >= 4 is 34.1 Å². The molecule has 0 heterocycles. The molecule has 0 N–H and O–H groups in total. The Morgan fingerprint density at radius 1 is 0.750 bits per heavy atom. The van der Waals surface area contributed by atoms with Gasteiger partial charge < -0.3 is 34.1 Å². The van der Waals surface area contributed by atoms with Gasteiger partial charge in [0, 0.05) is 0 Å². The third-order valence-corrected chi connectivity index (χ3v) is 0. The Morgan fingerprint density at radius 3 is 0.750 bits per heavy atom. The van der Waals surface area contributed by atoms with E-state index >= 15 is 0 Å². The van der Waals surface area contributed by atoms with E-state index in [1.807, 2.05) is 0 Å². The van der Waals surface area contributed by atoms with Crippen LogP contribution in [0.1, 0.15) is 0 Å². The average Bonchev–Trinajstić information content (AvgIpc) is 0. The topological polar surface area (TPSA) is 0 Å². The van der Waals surface area contributed by atoms with Crippen LogP contribution in [0.3, 0.4) is 0 Å². The fourth-order valence-electron chi connectivity index (χ4n) is 0. The van der Waals surface area contributed by atoms with Crippen LogP contribution in [0.15, 0.2) is 0 Å². The number of rotatable bonds is 0. The van der Waals surface area contributed by atoms with Crippen LogP contribution in [0, 0.1) is 0 Å². The van der Waals surface area contributed by atoms with Gasteiger partial charge in [-0.15, -0.1) is 0 Å². The maximum absolute atomic E-state index is 0. The van der Waals surface area contributed by atoms with E-state index in [2.05, 4.69) is 0 Å². The molecule has 0 spiro atoms. The summed E-state index contributed by atoms with van der Waals surface area (Å²) in [7, 11) is 0. The molecule has 0 rings (SSSR count). The summed E-state index contributed by atoms with van der Waals surface area (Å²) in [6.45, 7) is 0. The molecule has 0 saturated heterocycles. The van der Waals surface area contributed by atoms with Gasteiger partial charge in [-0.1, -0.05) is 0 Å². The molecule has 0 fully saturated rings. The van der Waals surface area contributed by atoms with Crippen molar-refractivity contribution in [1.82, 2.24) is 0 Å². The van der Waals surface area contributed by atoms with Crippen molar-refractivity contribution in [2.75, 3.05) is 0 Å². The minimum Gasteiger partial charge on any atom is -2.00 e. The van der Waals surface area contributed by atoms with Gasteiger partial charge in [-0.05, 0) is 0 Å². The van der Waals surface area contributed by atoms with E-state index in [1.54, 1.807) is 0 Å². The van der Waals surface area contributed by atoms with Gasteiger partial charge in [0.05, 0.1) is 0 Å². The first kappa shape index (κ1) is 31.3. The van der Waals surface area contributed by atoms with Crippen molar-refractivity contribution in [2.45, 2.75) is 0 Å². The molecule has 0 saturated carbocycles. The van der Waals surface area contributed by atoms with E-state index < -0.39 is 0 Å². The predicted octanol–water partition coefficient (Wildman–Crippen LogP) is -0.767. The minimum atomic E-state index is 0. The molecule has 0 aromatic carbocycles. The van der Waals surface area contributed by atoms with E-state index in [9.17, 15) is 0 Å². The van der Waals surface area contributed by atoms with Gasteiger partial charge >= 0.3 is 44.8 Å². The Hall–Kier alpha value is 2.52. The molecule has 0 aromatic heterocycles. The van der Waals surface area contributed by atoms with Gasteiger partial charge in [-0.2, -0.15) is 0 Å². The molecular formula is AuSe2Ta+4. The van der Waals surface area contributed by atoms with Gasteiger partial charge in [0.2, 0.25) is 0 Å². The number of hydrogen-bond acceptors (Lipinski definition) is 0. The monoisotopic (exact) mass is 538 g/mol. The Labute approximate surface area is 77.8 Å². The van der Waals surface area contributed by atoms with Gasteiger partial charge in [0.15, 0.2) is 0 Å². The zero-order valence-electron chi connectivity index (χ0n) is 1.57. The summed E-state index contributed by atoms with van der Waals surface area (Å²) in [5, 5.41) is 0. The van der Waals surface area contributed by atoms with Crippen LogP contribution < -0.4 is 0 Å². The van der Waals surface area contributed by atoms with E-state index in [4.69, 9.17) is 0 Å². The third kappa shape index (κ3) is 8.82. The van der Waals surface area contributed by atoms with Crippen LogP contribution in [0.2, 0.25) is 0 Å². The van der Waals surface area contributed by atoms with Crippen LogP contribution in [0.25, 0.3) is 0 Å². The van der Waals surface area contributed by atoms with Crippen molar-refractivity contribution in [3.8, 4) is 0 Å². The van der Waals surface area contributed by atoms with E-state index in [1.165, 1.54) is 0 Å². The second-order valence-corrected chi connectivity index (χ2v) is 0. The molecule has 0 radical (unpaired) electrons. The van der Waals surface area contributed by atoms with Crippen LogP contribution in [-0.2, 0) is 44.8 Å². The number of hydrogen-bond donors (Lipinski definition) is 0. The minimum absolute atomic E-state index is 0. The van der Waals surface area contributed by atoms with Crippen LogP contribution >= 0.6 is 0 Å². The maximum Gasteiger partial charge on any atom is 5.00 e. The Kier molecular flexibility index (Phi) is 139. The van der Waals surface area contributed by atoms with Crippen molar-refractivity contribution in [3.05, 3.63) is 0 Å². The Balaban J connectivity index is 0. The van der Waals surface area contributed by atoms with E-state index in [0.29, 0.717) is 0 Å². The molecule has 0 nitrogen and oxygen atoms in total. The maximum atomic E-state index is 0. The SMILES string of the molecule is [Au+3].[Se-2].[Se-2].[Ta+5]. The Bertz CT molecular complexity index is 6.00. The smallest absolute Gasteiger partial charge is 2.00 e. The fraction of sp³-hybridized carbons (Fsp3) is 0. The van der Waals surface area contributed by atoms with Crippen molar-refractivity contribution in [1.29, 1.82) is 0 Å². The zero-order chi connectivity index (χ0) is 0. The van der Waals surface area contributed by atoms with Crippen molar-refractivity contribution in [3.63, 3.8) is 0 Å². The average molecular weight is 536 g/mol. The normalized spacial score (nSPS) is 0. The molecule has 4 heavy (non-hydrogen) atoms. The zero-order valence-corrected chi connectivity index (χ0v) is 10.4. The second-order valence-electron chi connectivity index (χ2n) is 0. The Morgan fingerprint density at radius 2 is 0.750 bits per heavy atom. The fourth-order valence-corrected chi connectivity index (χ4v) is 0. The van der Waals surface area contributed by atoms with Gasteiger partial charge in [-0.3, -0.25) is 0 Å². The summed E-state index contributed by atoms with van der Waals surface area (Å²) < 4.78 is 0. The molecular weight excluding hydrogens is 536 g/mol. The van der Waals surface area contributed by atoms with Crippen LogP contribution in [0.4, 0.5) is 0 Å². The van der Waals surface area contributed by atoms with E-state index in [-0.39, 0.29) is 78.9 Å². The van der Waals surface area contributed by atoms with E-state index in [0.717, 1.165) is 0 Å². The molecule has 0 unspecified atom stereocenters. The van der Waals surface area contributed by atoms with Crippen LogP contribution in [0.5, 0.6) is 0 Å². The quantitative estimate of drug-likeness (QED) is 0.358. The summed E-state index contributed by atoms with van der Waals surface area (Å²) in [6, 6.07) is 0. The first-order chi connectivity index (χ1) is 0. The largest absolute Gasteiger partial charge is 5.00 e. The summed E-state index contributed by atoms with van der Waals surface area (Å²) in [5.41, 5.74) is 0. The summed E-state index contributed by atoms with van der Waals surface area (Å²) in [4.78, 5) is 0. The molecule has 0 bridgehead atoms. The predicted molar refractivity (Wildman–Crippen MR) is 11.5 cm³/mol. The second kappa shape index (κ2) is 17.8. The standard InChI is InChI=1S/Au.2Se.Ta/q+3;2*-2;+5. The summed E-state index contributed by atoms with van der Waals surface area (Å²) in [6.07, 6.45) is 0. The van der Waals surface area contributed by atoms with Crippen molar-refractivity contribution in [2.24, 2.45) is 0 Å². The van der Waals surface area contributed by atoms with Crippen molar-refractivity contribution < 1.29 is 44.8 Å². The molecule has 0 aromatic rings. The third-order valence-electron chi connectivity index (χ3n) is 0. The van der Waals surface area contributed by atoms with Gasteiger partial charge in [0.1, 0.15) is 0 Å². The molecule has 0 aliphatic carbocycles. The van der Waals surface area contributed by atoms with Gasteiger partial charge in [0.25, 0.3) is 0 Å². The molecule has 0 aliphatic rings. The summed E-state index contributed by atoms with van der Waals surface area (Å²) >= 11 is 0. The van der Waals surface area contributed by atoms with Crippen LogP contribution in [-0.4, -0.2) is 34.1 Å². The summed E-state index contributed by atoms with van der Waals surface area (Å²) in [5.74, 6) is 0. The molecule has 0 atom stereocenters. The molecule has 24 valence electrons. The molecule has 4 heteroatoms. The molecule has 0 amide bonds. The van der Waals surface area contributed by atoms with Gasteiger partial charge in [-0.25, -0.2) is 0 Å². The molecule has 0 aliphatic heterocycles. The first-order valence-electron chi connectivity index (χ1n) is 0.